The molecule has 0 atom stereocenters. The van der Waals surface area contributed by atoms with Crippen molar-refractivity contribution in [1.29, 1.82) is 0 Å². The molecule has 2 aromatic heterocycles. The van der Waals surface area contributed by atoms with Crippen molar-refractivity contribution in [3.63, 3.8) is 0 Å². The normalized spacial score (nSPS) is 16.8. The quantitative estimate of drug-likeness (QED) is 0.360. The fraction of sp³-hybridized carbons (Fsp3) is 0.290. The summed E-state index contributed by atoms with van der Waals surface area (Å²) >= 11 is 12.8. The Morgan fingerprint density at radius 2 is 1.69 bits per heavy atom. The van der Waals surface area contributed by atoms with Crippen molar-refractivity contribution in [1.82, 2.24) is 24.6 Å². The van der Waals surface area contributed by atoms with Gasteiger partial charge in [0.15, 0.2) is 5.69 Å². The summed E-state index contributed by atoms with van der Waals surface area (Å²) in [7, 11) is 3.71. The number of aromatic nitrogens is 3. The molecule has 2 saturated heterocycles. The SMILES string of the molecule is COc1cc2c(cc1-c1cncc(C(N)=O)c1)-c1c(c(C(=O)N3CC4(CN(C)C4)C3)nn1-c1cc(Cl)cc(Cl)c1)CC2. The minimum absolute atomic E-state index is 0.0613. The van der Waals surface area contributed by atoms with Gasteiger partial charge in [-0.2, -0.15) is 5.10 Å². The number of primary amides is 1. The molecule has 2 amide bonds. The lowest BCUT2D eigenvalue weighted by Gasteiger charge is -2.59. The second-order valence-electron chi connectivity index (χ2n) is 11.6. The molecule has 4 heterocycles. The van der Waals surface area contributed by atoms with Crippen molar-refractivity contribution >= 4 is 35.0 Å². The highest BCUT2D eigenvalue weighted by atomic mass is 35.5. The maximum Gasteiger partial charge on any atom is 0.274 e. The minimum atomic E-state index is -0.566. The molecule has 9 nitrogen and oxygen atoms in total. The lowest BCUT2D eigenvalue weighted by molar-refractivity contribution is -0.0874. The Morgan fingerprint density at radius 3 is 2.36 bits per heavy atom. The van der Waals surface area contributed by atoms with E-state index in [-0.39, 0.29) is 11.3 Å². The summed E-state index contributed by atoms with van der Waals surface area (Å²) in [6, 6.07) is 11.0. The Kier molecular flexibility index (Phi) is 6.31. The molecular weight excluding hydrogens is 575 g/mol. The number of aryl methyl sites for hydroxylation is 1. The van der Waals surface area contributed by atoms with E-state index in [4.69, 9.17) is 38.8 Å². The van der Waals surface area contributed by atoms with Crippen molar-refractivity contribution in [3.05, 3.63) is 81.2 Å². The number of rotatable bonds is 5. The summed E-state index contributed by atoms with van der Waals surface area (Å²) in [6.07, 6.45) is 4.45. The van der Waals surface area contributed by atoms with Crippen LogP contribution in [0.25, 0.3) is 28.1 Å². The predicted octanol–water partition coefficient (Wildman–Crippen LogP) is 4.50. The van der Waals surface area contributed by atoms with Gasteiger partial charge in [-0.25, -0.2) is 4.68 Å². The van der Waals surface area contributed by atoms with Gasteiger partial charge in [0.25, 0.3) is 5.91 Å². The first-order valence-electron chi connectivity index (χ1n) is 13.7. The molecule has 2 fully saturated rings. The van der Waals surface area contributed by atoms with E-state index in [1.54, 1.807) is 42.3 Å². The molecule has 0 unspecified atom stereocenters. The highest BCUT2D eigenvalue weighted by Gasteiger charge is 2.52. The van der Waals surface area contributed by atoms with Crippen LogP contribution in [0.4, 0.5) is 0 Å². The Morgan fingerprint density at radius 1 is 0.952 bits per heavy atom. The van der Waals surface area contributed by atoms with Crippen molar-refractivity contribution in [3.8, 4) is 33.8 Å². The first kappa shape index (κ1) is 26.9. The van der Waals surface area contributed by atoms with E-state index in [1.165, 1.54) is 6.20 Å². The average molecular weight is 604 g/mol. The highest BCUT2D eigenvalue weighted by molar-refractivity contribution is 6.34. The standard InChI is InChI=1S/C31H28Cl2N6O3/c1-37-13-31(14-37)15-38(16-31)30(41)27-23-4-3-17-6-26(42-2)24(18-5-19(29(34)40)12-35-11-18)10-25(17)28(23)39(36-27)22-8-20(32)7-21(33)9-22/h5-12H,3-4,13-16H2,1-2H3,(H2,34,40). The number of methoxy groups -OCH3 is 1. The summed E-state index contributed by atoms with van der Waals surface area (Å²) in [6.45, 7) is 3.49. The Hall–Kier alpha value is -3.92. The van der Waals surface area contributed by atoms with Gasteiger partial charge in [-0.05, 0) is 61.9 Å². The molecule has 0 radical (unpaired) electrons. The van der Waals surface area contributed by atoms with Crippen LogP contribution in [0.1, 0.15) is 32.0 Å². The maximum absolute atomic E-state index is 13.9. The number of nitrogens with two attached hydrogens (primary N) is 1. The van der Waals surface area contributed by atoms with Crippen LogP contribution >= 0.6 is 23.2 Å². The highest BCUT2D eigenvalue weighted by Crippen LogP contribution is 2.45. The fourth-order valence-corrected chi connectivity index (χ4v) is 7.28. The van der Waals surface area contributed by atoms with Crippen LogP contribution in [-0.2, 0) is 12.8 Å². The van der Waals surface area contributed by atoms with Gasteiger partial charge in [0.2, 0.25) is 5.91 Å². The molecule has 7 rings (SSSR count). The molecule has 2 aliphatic heterocycles. The molecule has 4 aromatic rings. The number of hydrogen-bond acceptors (Lipinski definition) is 6. The van der Waals surface area contributed by atoms with Crippen LogP contribution < -0.4 is 10.5 Å². The van der Waals surface area contributed by atoms with Gasteiger partial charge in [-0.3, -0.25) is 14.6 Å². The Balaban J connectivity index is 1.39. The van der Waals surface area contributed by atoms with E-state index < -0.39 is 5.91 Å². The summed E-state index contributed by atoms with van der Waals surface area (Å²) < 4.78 is 7.55. The molecule has 0 bridgehead atoms. The summed E-state index contributed by atoms with van der Waals surface area (Å²) in [5, 5.41) is 5.86. The Labute approximate surface area is 252 Å². The molecule has 0 saturated carbocycles. The molecular formula is C31H28Cl2N6O3. The number of ether oxygens (including phenoxy) is 1. The molecule has 11 heteroatoms. The number of benzene rings is 2. The maximum atomic E-state index is 13.9. The van der Waals surface area contributed by atoms with E-state index >= 15 is 0 Å². The van der Waals surface area contributed by atoms with Crippen LogP contribution in [0.3, 0.4) is 0 Å². The fourth-order valence-electron chi connectivity index (χ4n) is 6.77. The third-order valence-corrected chi connectivity index (χ3v) is 8.92. The minimum Gasteiger partial charge on any atom is -0.496 e. The number of halogens is 2. The molecule has 42 heavy (non-hydrogen) atoms. The number of carbonyl (C=O) groups is 2. The van der Waals surface area contributed by atoms with E-state index in [2.05, 4.69) is 16.9 Å². The summed E-state index contributed by atoms with van der Waals surface area (Å²) in [5.41, 5.74) is 12.2. The largest absolute Gasteiger partial charge is 0.496 e. The molecule has 2 aromatic carbocycles. The van der Waals surface area contributed by atoms with E-state index in [9.17, 15) is 9.59 Å². The first-order chi connectivity index (χ1) is 20.1. The lowest BCUT2D eigenvalue weighted by Crippen LogP contribution is -2.72. The van der Waals surface area contributed by atoms with Crippen LogP contribution in [0.2, 0.25) is 10.0 Å². The zero-order chi connectivity index (χ0) is 29.3. The summed E-state index contributed by atoms with van der Waals surface area (Å²) in [5.74, 6) is 0.0166. The second kappa shape index (κ2) is 9.83. The lowest BCUT2D eigenvalue weighted by atomic mass is 9.73. The third kappa shape index (κ3) is 4.35. The van der Waals surface area contributed by atoms with Gasteiger partial charge in [-0.15, -0.1) is 0 Å². The van der Waals surface area contributed by atoms with Gasteiger partial charge in [0, 0.05) is 76.3 Å². The number of amides is 2. The van der Waals surface area contributed by atoms with Gasteiger partial charge >= 0.3 is 0 Å². The van der Waals surface area contributed by atoms with E-state index in [0.717, 1.165) is 54.1 Å². The number of carbonyl (C=O) groups excluding carboxylic acids is 2. The second-order valence-corrected chi connectivity index (χ2v) is 12.5. The van der Waals surface area contributed by atoms with Gasteiger partial charge < -0.3 is 20.3 Å². The van der Waals surface area contributed by atoms with E-state index in [0.29, 0.717) is 51.1 Å². The smallest absolute Gasteiger partial charge is 0.274 e. The van der Waals surface area contributed by atoms with Crippen molar-refractivity contribution < 1.29 is 14.3 Å². The number of fused-ring (bicyclic) bond motifs is 3. The van der Waals surface area contributed by atoms with Crippen molar-refractivity contribution in [2.24, 2.45) is 11.1 Å². The summed E-state index contributed by atoms with van der Waals surface area (Å²) in [4.78, 5) is 34.2. The monoisotopic (exact) mass is 602 g/mol. The van der Waals surface area contributed by atoms with Crippen LogP contribution in [0, 0.1) is 5.41 Å². The number of pyridine rings is 1. The Bertz CT molecular complexity index is 1770. The molecule has 3 aliphatic rings. The molecule has 1 aliphatic carbocycles. The van der Waals surface area contributed by atoms with Gasteiger partial charge in [0.1, 0.15) is 5.75 Å². The number of nitrogens with zero attached hydrogens (tertiary/aromatic N) is 5. The topological polar surface area (TPSA) is 107 Å². The van der Waals surface area contributed by atoms with Crippen LogP contribution in [-0.4, -0.2) is 76.7 Å². The third-order valence-electron chi connectivity index (χ3n) is 8.49. The molecule has 1 spiro atoms. The van der Waals surface area contributed by atoms with Crippen LogP contribution in [0.15, 0.2) is 48.8 Å². The molecule has 2 N–H and O–H groups in total. The zero-order valence-corrected chi connectivity index (χ0v) is 24.7. The molecule has 214 valence electrons. The number of likely N-dealkylation sites (tertiary alicyclic amines) is 2. The number of hydrogen-bond donors (Lipinski definition) is 1. The average Bonchev–Trinajstić information content (AvgIpc) is 3.33. The predicted molar refractivity (Wildman–Crippen MR) is 161 cm³/mol. The van der Waals surface area contributed by atoms with Crippen molar-refractivity contribution in [2.45, 2.75) is 12.8 Å². The van der Waals surface area contributed by atoms with Gasteiger partial charge in [0.05, 0.1) is 24.1 Å². The van der Waals surface area contributed by atoms with Crippen LogP contribution in [0.5, 0.6) is 5.75 Å². The van der Waals surface area contributed by atoms with Gasteiger partial charge in [-0.1, -0.05) is 23.2 Å². The first-order valence-corrected chi connectivity index (χ1v) is 14.4. The van der Waals surface area contributed by atoms with E-state index in [1.807, 2.05) is 17.0 Å². The van der Waals surface area contributed by atoms with Crippen molar-refractivity contribution in [2.75, 3.05) is 40.3 Å². The zero-order valence-electron chi connectivity index (χ0n) is 23.2.